The van der Waals surface area contributed by atoms with Crippen molar-refractivity contribution < 1.29 is 28.2 Å². The van der Waals surface area contributed by atoms with Crippen LogP contribution < -0.4 is 0 Å². The summed E-state index contributed by atoms with van der Waals surface area (Å²) in [7, 11) is 0. The second-order valence-electron chi connectivity index (χ2n) is 7.68. The van der Waals surface area contributed by atoms with Gasteiger partial charge in [0.15, 0.2) is 5.78 Å². The minimum absolute atomic E-state index is 0.0295. The number of rotatable bonds is 10. The number of Topliss-reactive ketones (excluding diaryl/α,β-unsaturated/α-hetero) is 1. The van der Waals surface area contributed by atoms with Gasteiger partial charge in [0.1, 0.15) is 24.9 Å². The standard InChI is InChI=1S/C27H25FO5/c1-19-12-13-22(24(28)16-19)26(30)23(27(31)33-18-21-10-6-3-7-11-21)14-15-25(29)32-17-20-8-4-2-5-9-20/h2-13,16,23H,14-15,17-18H2,1H3. The van der Waals surface area contributed by atoms with Crippen LogP contribution in [0, 0.1) is 18.7 Å². The summed E-state index contributed by atoms with van der Waals surface area (Å²) in [5, 5.41) is 0. The smallest absolute Gasteiger partial charge is 0.317 e. The number of ether oxygens (including phenoxy) is 2. The molecule has 3 aromatic carbocycles. The molecule has 3 rings (SSSR count). The van der Waals surface area contributed by atoms with Crippen LogP contribution in [0.5, 0.6) is 0 Å². The molecular formula is C27H25FO5. The van der Waals surface area contributed by atoms with Crippen molar-refractivity contribution in [2.24, 2.45) is 5.92 Å². The van der Waals surface area contributed by atoms with Crippen LogP contribution in [0.1, 0.15) is 39.9 Å². The number of ketones is 1. The predicted molar refractivity (Wildman–Crippen MR) is 121 cm³/mol. The number of hydrogen-bond acceptors (Lipinski definition) is 5. The highest BCUT2D eigenvalue weighted by molar-refractivity contribution is 6.09. The van der Waals surface area contributed by atoms with Gasteiger partial charge in [-0.2, -0.15) is 0 Å². The van der Waals surface area contributed by atoms with Crippen molar-refractivity contribution in [1.29, 1.82) is 0 Å². The van der Waals surface area contributed by atoms with E-state index < -0.39 is 29.5 Å². The summed E-state index contributed by atoms with van der Waals surface area (Å²) in [6, 6.07) is 22.3. The zero-order chi connectivity index (χ0) is 23.6. The van der Waals surface area contributed by atoms with Crippen LogP contribution in [0.15, 0.2) is 78.9 Å². The Hall–Kier alpha value is -3.80. The summed E-state index contributed by atoms with van der Waals surface area (Å²) in [4.78, 5) is 38.0. The summed E-state index contributed by atoms with van der Waals surface area (Å²) >= 11 is 0. The van der Waals surface area contributed by atoms with Crippen molar-refractivity contribution in [3.05, 3.63) is 107 Å². The first-order valence-electron chi connectivity index (χ1n) is 10.6. The van der Waals surface area contributed by atoms with Crippen LogP contribution in [-0.4, -0.2) is 17.7 Å². The Labute approximate surface area is 192 Å². The lowest BCUT2D eigenvalue weighted by Gasteiger charge is -2.16. The Balaban J connectivity index is 1.67. The van der Waals surface area contributed by atoms with Crippen molar-refractivity contribution in [3.63, 3.8) is 0 Å². The first kappa shape index (κ1) is 23.9. The quantitative estimate of drug-likeness (QED) is 0.242. The molecule has 170 valence electrons. The van der Waals surface area contributed by atoms with Gasteiger partial charge in [0.05, 0.1) is 5.56 Å². The van der Waals surface area contributed by atoms with Gasteiger partial charge in [-0.25, -0.2) is 4.39 Å². The van der Waals surface area contributed by atoms with Crippen LogP contribution in [0.4, 0.5) is 4.39 Å². The van der Waals surface area contributed by atoms with Crippen LogP contribution >= 0.6 is 0 Å². The van der Waals surface area contributed by atoms with Crippen molar-refractivity contribution >= 4 is 17.7 Å². The Morgan fingerprint density at radius 2 is 1.39 bits per heavy atom. The highest BCUT2D eigenvalue weighted by Gasteiger charge is 2.31. The number of carbonyl (C=O) groups excluding carboxylic acids is 3. The number of halogens is 1. The molecule has 0 saturated carbocycles. The molecule has 0 saturated heterocycles. The average Bonchev–Trinajstić information content (AvgIpc) is 2.82. The summed E-state index contributed by atoms with van der Waals surface area (Å²) < 4.78 is 25.0. The second-order valence-corrected chi connectivity index (χ2v) is 7.68. The SMILES string of the molecule is Cc1ccc(C(=O)C(CCC(=O)OCc2ccccc2)C(=O)OCc2ccccc2)c(F)c1. The minimum atomic E-state index is -1.32. The highest BCUT2D eigenvalue weighted by atomic mass is 19.1. The molecule has 0 fully saturated rings. The molecule has 0 aliphatic heterocycles. The number of esters is 2. The van der Waals surface area contributed by atoms with Gasteiger partial charge in [0.2, 0.25) is 0 Å². The van der Waals surface area contributed by atoms with E-state index in [0.717, 1.165) is 11.1 Å². The van der Waals surface area contributed by atoms with E-state index in [9.17, 15) is 18.8 Å². The van der Waals surface area contributed by atoms with Crippen LogP contribution in [-0.2, 0) is 32.3 Å². The zero-order valence-corrected chi connectivity index (χ0v) is 18.3. The van der Waals surface area contributed by atoms with E-state index in [2.05, 4.69) is 0 Å². The Bertz CT molecular complexity index is 1100. The summed E-state index contributed by atoms with van der Waals surface area (Å²) in [6.45, 7) is 1.76. The van der Waals surface area contributed by atoms with Gasteiger partial charge >= 0.3 is 11.9 Å². The minimum Gasteiger partial charge on any atom is -0.461 e. The van der Waals surface area contributed by atoms with E-state index in [0.29, 0.717) is 5.56 Å². The van der Waals surface area contributed by atoms with Crippen molar-refractivity contribution in [1.82, 2.24) is 0 Å². The molecule has 0 radical (unpaired) electrons. The van der Waals surface area contributed by atoms with Gasteiger partial charge in [-0.05, 0) is 42.2 Å². The molecule has 1 unspecified atom stereocenters. The second kappa shape index (κ2) is 11.7. The van der Waals surface area contributed by atoms with E-state index >= 15 is 0 Å². The maximum absolute atomic E-state index is 14.4. The Morgan fingerprint density at radius 3 is 1.97 bits per heavy atom. The molecule has 0 aliphatic rings. The fraction of sp³-hybridized carbons (Fsp3) is 0.222. The highest BCUT2D eigenvalue weighted by Crippen LogP contribution is 2.21. The fourth-order valence-electron chi connectivity index (χ4n) is 3.27. The average molecular weight is 448 g/mol. The summed E-state index contributed by atoms with van der Waals surface area (Å²) in [5.41, 5.74) is 2.01. The molecule has 0 amide bonds. The lowest BCUT2D eigenvalue weighted by Crippen LogP contribution is -2.28. The monoisotopic (exact) mass is 448 g/mol. The number of hydrogen-bond donors (Lipinski definition) is 0. The molecule has 1 atom stereocenters. The van der Waals surface area contributed by atoms with Crippen LogP contribution in [0.3, 0.4) is 0 Å². The molecule has 5 nitrogen and oxygen atoms in total. The predicted octanol–water partition coefficient (Wildman–Crippen LogP) is 5.20. The third-order valence-corrected chi connectivity index (χ3v) is 5.09. The van der Waals surface area contributed by atoms with Crippen molar-refractivity contribution in [2.75, 3.05) is 0 Å². The normalized spacial score (nSPS) is 11.5. The van der Waals surface area contributed by atoms with Gasteiger partial charge < -0.3 is 9.47 Å². The molecule has 0 heterocycles. The summed E-state index contributed by atoms with van der Waals surface area (Å²) in [5.74, 6) is -4.12. The Morgan fingerprint density at radius 1 is 0.818 bits per heavy atom. The maximum Gasteiger partial charge on any atom is 0.317 e. The lowest BCUT2D eigenvalue weighted by atomic mass is 9.92. The van der Waals surface area contributed by atoms with E-state index in [1.807, 2.05) is 36.4 Å². The van der Waals surface area contributed by atoms with Gasteiger partial charge in [-0.15, -0.1) is 0 Å². The molecule has 0 bridgehead atoms. The van der Waals surface area contributed by atoms with Gasteiger partial charge in [0.25, 0.3) is 0 Å². The van der Waals surface area contributed by atoms with Gasteiger partial charge in [0, 0.05) is 6.42 Å². The van der Waals surface area contributed by atoms with Gasteiger partial charge in [-0.1, -0.05) is 66.7 Å². The fourth-order valence-corrected chi connectivity index (χ4v) is 3.27. The Kier molecular flexibility index (Phi) is 8.47. The molecule has 0 spiro atoms. The maximum atomic E-state index is 14.4. The number of carbonyl (C=O) groups is 3. The van der Waals surface area contributed by atoms with Crippen molar-refractivity contribution in [3.8, 4) is 0 Å². The third-order valence-electron chi connectivity index (χ3n) is 5.09. The van der Waals surface area contributed by atoms with E-state index in [1.54, 1.807) is 37.3 Å². The molecule has 6 heteroatoms. The third kappa shape index (κ3) is 7.10. The van der Waals surface area contributed by atoms with Gasteiger partial charge in [-0.3, -0.25) is 14.4 Å². The first-order valence-corrected chi connectivity index (χ1v) is 10.6. The molecule has 0 N–H and O–H groups in total. The molecule has 0 aliphatic carbocycles. The van der Waals surface area contributed by atoms with Crippen LogP contribution in [0.25, 0.3) is 0 Å². The number of benzene rings is 3. The molecule has 0 aromatic heterocycles. The summed E-state index contributed by atoms with van der Waals surface area (Å²) in [6.07, 6.45) is -0.329. The van der Waals surface area contributed by atoms with E-state index in [1.165, 1.54) is 12.1 Å². The largest absolute Gasteiger partial charge is 0.461 e. The first-order chi connectivity index (χ1) is 15.9. The zero-order valence-electron chi connectivity index (χ0n) is 18.3. The van der Waals surface area contributed by atoms with Crippen LogP contribution in [0.2, 0.25) is 0 Å². The molecular weight excluding hydrogens is 423 g/mol. The molecule has 33 heavy (non-hydrogen) atoms. The van der Waals surface area contributed by atoms with E-state index in [4.69, 9.17) is 9.47 Å². The van der Waals surface area contributed by atoms with Crippen molar-refractivity contribution in [2.45, 2.75) is 33.0 Å². The van der Waals surface area contributed by atoms with E-state index in [-0.39, 0.29) is 31.6 Å². The topological polar surface area (TPSA) is 69.7 Å². The number of aryl methyl sites for hydroxylation is 1. The molecule has 3 aromatic rings. The lowest BCUT2D eigenvalue weighted by molar-refractivity contribution is -0.149.